The van der Waals surface area contributed by atoms with E-state index in [1.54, 1.807) is 6.92 Å². The molecule has 0 aliphatic rings. The van der Waals surface area contributed by atoms with Crippen LogP contribution < -0.4 is 5.73 Å². The standard InChI is InChI=1S/C12H15N3OS/c1-9(16)8-17-12-14-10-4-2-3-5-11(10)15(12)7-6-13/h2-5H,6-8,13H2,1H3. The highest BCUT2D eigenvalue weighted by Crippen LogP contribution is 2.23. The van der Waals surface area contributed by atoms with E-state index < -0.39 is 0 Å². The van der Waals surface area contributed by atoms with E-state index in [0.29, 0.717) is 12.3 Å². The van der Waals surface area contributed by atoms with Gasteiger partial charge in [-0.15, -0.1) is 0 Å². The van der Waals surface area contributed by atoms with Crippen LogP contribution in [0.25, 0.3) is 11.0 Å². The number of thioether (sulfide) groups is 1. The first-order valence-electron chi connectivity index (χ1n) is 5.50. The minimum atomic E-state index is 0.154. The van der Waals surface area contributed by atoms with Gasteiger partial charge >= 0.3 is 0 Å². The van der Waals surface area contributed by atoms with E-state index >= 15 is 0 Å². The fraction of sp³-hybridized carbons (Fsp3) is 0.333. The van der Waals surface area contributed by atoms with Crippen LogP contribution in [0.4, 0.5) is 0 Å². The lowest BCUT2D eigenvalue weighted by Gasteiger charge is -2.05. The first-order chi connectivity index (χ1) is 8.22. The van der Waals surface area contributed by atoms with Crippen LogP contribution in [0.2, 0.25) is 0 Å². The quantitative estimate of drug-likeness (QED) is 0.819. The summed E-state index contributed by atoms with van der Waals surface area (Å²) in [6.45, 7) is 2.87. The Morgan fingerprint density at radius 1 is 1.47 bits per heavy atom. The lowest BCUT2D eigenvalue weighted by atomic mass is 10.3. The topological polar surface area (TPSA) is 60.9 Å². The molecule has 90 valence electrons. The number of imidazole rings is 1. The van der Waals surface area contributed by atoms with Crippen LogP contribution in [-0.4, -0.2) is 27.6 Å². The van der Waals surface area contributed by atoms with E-state index in [1.165, 1.54) is 11.8 Å². The number of nitrogens with two attached hydrogens (primary N) is 1. The number of rotatable bonds is 5. The largest absolute Gasteiger partial charge is 0.329 e. The van der Waals surface area contributed by atoms with E-state index in [4.69, 9.17) is 5.73 Å². The van der Waals surface area contributed by atoms with Crippen molar-refractivity contribution < 1.29 is 4.79 Å². The van der Waals surface area contributed by atoms with Gasteiger partial charge in [0.05, 0.1) is 16.8 Å². The number of aromatic nitrogens is 2. The van der Waals surface area contributed by atoms with Gasteiger partial charge in [-0.1, -0.05) is 23.9 Å². The number of ketones is 1. The second kappa shape index (κ2) is 5.33. The summed E-state index contributed by atoms with van der Waals surface area (Å²) >= 11 is 1.47. The van der Waals surface area contributed by atoms with Crippen molar-refractivity contribution in [3.05, 3.63) is 24.3 Å². The summed E-state index contributed by atoms with van der Waals surface area (Å²) in [6, 6.07) is 7.94. The zero-order chi connectivity index (χ0) is 12.3. The number of para-hydroxylation sites is 2. The van der Waals surface area contributed by atoms with Crippen molar-refractivity contribution in [2.24, 2.45) is 5.73 Å². The van der Waals surface area contributed by atoms with Crippen molar-refractivity contribution in [2.75, 3.05) is 12.3 Å². The van der Waals surface area contributed by atoms with Crippen molar-refractivity contribution in [1.82, 2.24) is 9.55 Å². The molecule has 0 saturated carbocycles. The average Bonchev–Trinajstić information content (AvgIpc) is 2.66. The number of benzene rings is 1. The zero-order valence-electron chi connectivity index (χ0n) is 9.72. The highest BCUT2D eigenvalue weighted by atomic mass is 32.2. The Bertz CT molecular complexity index is 536. The van der Waals surface area contributed by atoms with Crippen LogP contribution in [0.5, 0.6) is 0 Å². The van der Waals surface area contributed by atoms with E-state index in [9.17, 15) is 4.79 Å². The predicted molar refractivity (Wildman–Crippen MR) is 70.2 cm³/mol. The van der Waals surface area contributed by atoms with Gasteiger partial charge in [-0.2, -0.15) is 0 Å². The van der Waals surface area contributed by atoms with Crippen LogP contribution in [0.3, 0.4) is 0 Å². The molecule has 0 aliphatic heterocycles. The molecular formula is C12H15N3OS. The number of carbonyl (C=O) groups is 1. The molecule has 2 aromatic rings. The maximum Gasteiger partial charge on any atom is 0.169 e. The first kappa shape index (κ1) is 12.1. The molecule has 2 rings (SSSR count). The predicted octanol–water partition coefficient (Wildman–Crippen LogP) is 1.68. The molecule has 0 spiro atoms. The Morgan fingerprint density at radius 3 is 2.94 bits per heavy atom. The third kappa shape index (κ3) is 2.68. The average molecular weight is 249 g/mol. The van der Waals surface area contributed by atoms with Crippen LogP contribution >= 0.6 is 11.8 Å². The van der Waals surface area contributed by atoms with Crippen molar-refractivity contribution in [2.45, 2.75) is 18.6 Å². The number of hydrogen-bond acceptors (Lipinski definition) is 4. The molecule has 0 fully saturated rings. The summed E-state index contributed by atoms with van der Waals surface area (Å²) in [7, 11) is 0. The summed E-state index contributed by atoms with van der Waals surface area (Å²) in [5, 5.41) is 0.867. The molecule has 4 nitrogen and oxygen atoms in total. The third-order valence-corrected chi connectivity index (χ3v) is 3.50. The molecule has 0 aliphatic carbocycles. The molecule has 5 heteroatoms. The Hall–Kier alpha value is -1.33. The maximum absolute atomic E-state index is 11.0. The summed E-state index contributed by atoms with van der Waals surface area (Å²) in [5.41, 5.74) is 7.63. The Morgan fingerprint density at radius 2 is 2.24 bits per heavy atom. The van der Waals surface area contributed by atoms with Gasteiger partial charge in [0.15, 0.2) is 5.16 Å². The smallest absolute Gasteiger partial charge is 0.169 e. The minimum absolute atomic E-state index is 0.154. The summed E-state index contributed by atoms with van der Waals surface area (Å²) in [6.07, 6.45) is 0. The highest BCUT2D eigenvalue weighted by molar-refractivity contribution is 7.99. The first-order valence-corrected chi connectivity index (χ1v) is 6.48. The van der Waals surface area contributed by atoms with Crippen LogP contribution in [0.15, 0.2) is 29.4 Å². The van der Waals surface area contributed by atoms with Gasteiger partial charge in [0.1, 0.15) is 5.78 Å². The van der Waals surface area contributed by atoms with Crippen molar-refractivity contribution in [1.29, 1.82) is 0 Å². The van der Waals surface area contributed by atoms with Crippen molar-refractivity contribution >= 4 is 28.6 Å². The van der Waals surface area contributed by atoms with Gasteiger partial charge in [-0.05, 0) is 19.1 Å². The fourth-order valence-electron chi connectivity index (χ4n) is 1.67. The molecule has 0 atom stereocenters. The molecule has 0 unspecified atom stereocenters. The Balaban J connectivity index is 2.38. The van der Waals surface area contributed by atoms with Gasteiger partial charge in [0, 0.05) is 13.1 Å². The van der Waals surface area contributed by atoms with Gasteiger partial charge in [-0.25, -0.2) is 4.98 Å². The van der Waals surface area contributed by atoms with E-state index in [2.05, 4.69) is 9.55 Å². The van der Waals surface area contributed by atoms with Gasteiger partial charge < -0.3 is 10.3 Å². The second-order valence-electron chi connectivity index (χ2n) is 3.81. The SMILES string of the molecule is CC(=O)CSc1nc2ccccc2n1CCN. The molecule has 1 aromatic heterocycles. The Labute approximate surface area is 104 Å². The highest BCUT2D eigenvalue weighted by Gasteiger charge is 2.10. The molecular weight excluding hydrogens is 234 g/mol. The number of Topliss-reactive ketones (excluding diaryl/α,β-unsaturated/α-hetero) is 1. The normalized spacial score (nSPS) is 10.9. The maximum atomic E-state index is 11.0. The summed E-state index contributed by atoms with van der Waals surface area (Å²) in [5.74, 6) is 0.606. The minimum Gasteiger partial charge on any atom is -0.329 e. The van der Waals surface area contributed by atoms with E-state index in [1.807, 2.05) is 24.3 Å². The second-order valence-corrected chi connectivity index (χ2v) is 4.76. The Kier molecular flexibility index (Phi) is 3.81. The summed E-state index contributed by atoms with van der Waals surface area (Å²) < 4.78 is 2.07. The number of hydrogen-bond donors (Lipinski definition) is 1. The van der Waals surface area contributed by atoms with Gasteiger partial charge in [-0.3, -0.25) is 4.79 Å². The van der Waals surface area contributed by atoms with Crippen molar-refractivity contribution in [3.63, 3.8) is 0 Å². The van der Waals surface area contributed by atoms with Crippen molar-refractivity contribution in [3.8, 4) is 0 Å². The number of fused-ring (bicyclic) bond motifs is 1. The van der Waals surface area contributed by atoms with E-state index in [0.717, 1.165) is 22.7 Å². The van der Waals surface area contributed by atoms with Gasteiger partial charge in [0.2, 0.25) is 0 Å². The molecule has 2 N–H and O–H groups in total. The molecule has 0 saturated heterocycles. The molecule has 0 bridgehead atoms. The fourth-order valence-corrected chi connectivity index (χ4v) is 2.52. The summed E-state index contributed by atoms with van der Waals surface area (Å²) in [4.78, 5) is 15.5. The lowest BCUT2D eigenvalue weighted by molar-refractivity contribution is -0.114. The molecule has 0 amide bonds. The van der Waals surface area contributed by atoms with Crippen LogP contribution in [0.1, 0.15) is 6.92 Å². The number of carbonyl (C=O) groups excluding carboxylic acids is 1. The monoisotopic (exact) mass is 249 g/mol. The van der Waals surface area contributed by atoms with Gasteiger partial charge in [0.25, 0.3) is 0 Å². The van der Waals surface area contributed by atoms with E-state index in [-0.39, 0.29) is 5.78 Å². The third-order valence-electron chi connectivity index (χ3n) is 2.38. The lowest BCUT2D eigenvalue weighted by Crippen LogP contribution is -2.11. The molecule has 0 radical (unpaired) electrons. The number of nitrogens with zero attached hydrogens (tertiary/aromatic N) is 2. The van der Waals surface area contributed by atoms with Crippen LogP contribution in [0, 0.1) is 0 Å². The zero-order valence-corrected chi connectivity index (χ0v) is 10.5. The molecule has 17 heavy (non-hydrogen) atoms. The molecule has 1 heterocycles. The molecule has 1 aromatic carbocycles. The van der Waals surface area contributed by atoms with Crippen LogP contribution in [-0.2, 0) is 11.3 Å².